The molecule has 1 heterocycles. The third-order valence-electron chi connectivity index (χ3n) is 2.67. The zero-order valence-corrected chi connectivity index (χ0v) is 10.2. The third-order valence-corrected chi connectivity index (χ3v) is 3.03. The summed E-state index contributed by atoms with van der Waals surface area (Å²) in [4.78, 5) is 23.2. The van der Waals surface area contributed by atoms with Gasteiger partial charge in [-0.05, 0) is 6.92 Å². The molecule has 0 aromatic carbocycles. The highest BCUT2D eigenvalue weighted by atomic mass is 32.1. The topological polar surface area (TPSA) is 66.8 Å². The standard InChI is InChI=1S/C9H12F3NO4S/c1-4-6(8(15)16)13(3-17-4)7(14)5(2-18)9(10,11)12/h4-6,18H,2-3H2,1H3,(H,15,16)/t4?,5?,6-/m0/s1. The van der Waals surface area contributed by atoms with Crippen molar-refractivity contribution in [3.8, 4) is 0 Å². The molecule has 1 aliphatic heterocycles. The molecule has 1 N–H and O–H groups in total. The predicted molar refractivity (Wildman–Crippen MR) is 57.1 cm³/mol. The summed E-state index contributed by atoms with van der Waals surface area (Å²) >= 11 is 3.49. The number of carbonyl (C=O) groups is 2. The molecule has 1 aliphatic rings. The molecule has 0 aliphatic carbocycles. The number of hydrogen-bond donors (Lipinski definition) is 2. The van der Waals surface area contributed by atoms with Gasteiger partial charge in [0.05, 0.1) is 6.10 Å². The third kappa shape index (κ3) is 2.89. The van der Waals surface area contributed by atoms with E-state index in [1.165, 1.54) is 6.92 Å². The number of thiol groups is 1. The summed E-state index contributed by atoms with van der Waals surface area (Å²) in [6.45, 7) is 0.923. The Kier molecular flexibility index (Phi) is 4.49. The van der Waals surface area contributed by atoms with Crippen molar-refractivity contribution in [3.63, 3.8) is 0 Å². The number of carboxylic acid groups (broad SMARTS) is 1. The minimum Gasteiger partial charge on any atom is -0.480 e. The Balaban J connectivity index is 2.92. The first kappa shape index (κ1) is 15.1. The number of ether oxygens (including phenoxy) is 1. The summed E-state index contributed by atoms with van der Waals surface area (Å²) in [7, 11) is 0. The Morgan fingerprint density at radius 2 is 2.11 bits per heavy atom. The van der Waals surface area contributed by atoms with E-state index in [2.05, 4.69) is 12.6 Å². The fraction of sp³-hybridized carbons (Fsp3) is 0.778. The molecule has 18 heavy (non-hydrogen) atoms. The second-order valence-electron chi connectivity index (χ2n) is 3.87. The fourth-order valence-electron chi connectivity index (χ4n) is 1.68. The van der Waals surface area contributed by atoms with Crippen LogP contribution in [0.4, 0.5) is 13.2 Å². The molecule has 104 valence electrons. The van der Waals surface area contributed by atoms with Crippen molar-refractivity contribution in [2.45, 2.75) is 25.2 Å². The van der Waals surface area contributed by atoms with E-state index in [4.69, 9.17) is 9.84 Å². The summed E-state index contributed by atoms with van der Waals surface area (Å²) in [5.74, 6) is -5.78. The van der Waals surface area contributed by atoms with Gasteiger partial charge < -0.3 is 14.7 Å². The van der Waals surface area contributed by atoms with Gasteiger partial charge in [0.25, 0.3) is 0 Å². The Bertz CT molecular complexity index is 349. The Morgan fingerprint density at radius 3 is 2.50 bits per heavy atom. The van der Waals surface area contributed by atoms with Crippen LogP contribution in [0.15, 0.2) is 0 Å². The smallest absolute Gasteiger partial charge is 0.401 e. The highest BCUT2D eigenvalue weighted by molar-refractivity contribution is 7.80. The molecule has 3 atom stereocenters. The predicted octanol–water partition coefficient (Wildman–Crippen LogP) is 0.753. The molecule has 9 heteroatoms. The monoisotopic (exact) mass is 287 g/mol. The molecule has 0 spiro atoms. The van der Waals surface area contributed by atoms with Crippen LogP contribution in [0.1, 0.15) is 6.92 Å². The molecule has 0 radical (unpaired) electrons. The molecular formula is C9H12F3NO4S. The second kappa shape index (κ2) is 5.35. The van der Waals surface area contributed by atoms with Crippen LogP contribution in [0, 0.1) is 5.92 Å². The van der Waals surface area contributed by atoms with Gasteiger partial charge in [0.1, 0.15) is 12.6 Å². The largest absolute Gasteiger partial charge is 0.480 e. The van der Waals surface area contributed by atoms with Crippen LogP contribution in [0.5, 0.6) is 0 Å². The summed E-state index contributed by atoms with van der Waals surface area (Å²) < 4.78 is 42.6. The van der Waals surface area contributed by atoms with Gasteiger partial charge in [-0.2, -0.15) is 25.8 Å². The van der Waals surface area contributed by atoms with Crippen LogP contribution in [-0.4, -0.2) is 52.7 Å². The number of halogens is 3. The molecule has 1 fully saturated rings. The lowest BCUT2D eigenvalue weighted by molar-refractivity contribution is -0.186. The number of nitrogens with zero attached hydrogens (tertiary/aromatic N) is 1. The molecule has 0 saturated carbocycles. The van der Waals surface area contributed by atoms with Crippen molar-refractivity contribution in [1.82, 2.24) is 4.90 Å². The lowest BCUT2D eigenvalue weighted by Gasteiger charge is -2.26. The van der Waals surface area contributed by atoms with Gasteiger partial charge in [0.15, 0.2) is 6.04 Å². The summed E-state index contributed by atoms with van der Waals surface area (Å²) in [6.07, 6.45) is -5.60. The Hall–Kier alpha value is -0.960. The molecule has 5 nitrogen and oxygen atoms in total. The first-order chi connectivity index (χ1) is 8.20. The van der Waals surface area contributed by atoms with Gasteiger partial charge in [-0.25, -0.2) is 4.79 Å². The number of amides is 1. The highest BCUT2D eigenvalue weighted by Crippen LogP contribution is 2.31. The molecular weight excluding hydrogens is 275 g/mol. The van der Waals surface area contributed by atoms with Crippen LogP contribution in [-0.2, 0) is 14.3 Å². The highest BCUT2D eigenvalue weighted by Gasteiger charge is 2.50. The number of alkyl halides is 3. The van der Waals surface area contributed by atoms with Gasteiger partial charge >= 0.3 is 12.1 Å². The van der Waals surface area contributed by atoms with E-state index < -0.39 is 48.6 Å². The van der Waals surface area contributed by atoms with Crippen LogP contribution in [0.3, 0.4) is 0 Å². The van der Waals surface area contributed by atoms with Crippen molar-refractivity contribution in [3.05, 3.63) is 0 Å². The van der Waals surface area contributed by atoms with E-state index in [0.29, 0.717) is 4.90 Å². The molecule has 1 saturated heterocycles. The van der Waals surface area contributed by atoms with Crippen molar-refractivity contribution >= 4 is 24.5 Å². The van der Waals surface area contributed by atoms with Gasteiger partial charge in [0.2, 0.25) is 5.91 Å². The number of rotatable bonds is 3. The summed E-state index contributed by atoms with van der Waals surface area (Å²) in [5.41, 5.74) is 0. The number of carbonyl (C=O) groups excluding carboxylic acids is 1. The lowest BCUT2D eigenvalue weighted by Crippen LogP contribution is -2.50. The molecule has 0 aromatic heterocycles. The van der Waals surface area contributed by atoms with Gasteiger partial charge in [-0.3, -0.25) is 4.79 Å². The first-order valence-corrected chi connectivity index (χ1v) is 5.65. The van der Waals surface area contributed by atoms with E-state index in [9.17, 15) is 22.8 Å². The van der Waals surface area contributed by atoms with E-state index in [-0.39, 0.29) is 0 Å². The zero-order chi connectivity index (χ0) is 14.1. The van der Waals surface area contributed by atoms with E-state index in [1.807, 2.05) is 0 Å². The average molecular weight is 287 g/mol. The van der Waals surface area contributed by atoms with Crippen molar-refractivity contribution < 1.29 is 32.6 Å². The van der Waals surface area contributed by atoms with Crippen molar-refractivity contribution in [1.29, 1.82) is 0 Å². The normalized spacial score (nSPS) is 26.2. The minimum atomic E-state index is -4.76. The average Bonchev–Trinajstić information content (AvgIpc) is 2.58. The van der Waals surface area contributed by atoms with E-state index in [1.54, 1.807) is 0 Å². The zero-order valence-electron chi connectivity index (χ0n) is 9.35. The molecule has 2 unspecified atom stereocenters. The molecule has 0 bridgehead atoms. The van der Waals surface area contributed by atoms with Crippen molar-refractivity contribution in [2.24, 2.45) is 5.92 Å². The summed E-state index contributed by atoms with van der Waals surface area (Å²) in [5, 5.41) is 8.89. The molecule has 0 aromatic rings. The van der Waals surface area contributed by atoms with Crippen LogP contribution < -0.4 is 0 Å². The second-order valence-corrected chi connectivity index (χ2v) is 4.23. The maximum atomic E-state index is 12.6. The number of hydrogen-bond acceptors (Lipinski definition) is 4. The van der Waals surface area contributed by atoms with Crippen LogP contribution in [0.25, 0.3) is 0 Å². The van der Waals surface area contributed by atoms with Gasteiger partial charge in [0, 0.05) is 5.75 Å². The Labute approximate surface area is 106 Å². The van der Waals surface area contributed by atoms with Crippen LogP contribution >= 0.6 is 12.6 Å². The van der Waals surface area contributed by atoms with Crippen LogP contribution in [0.2, 0.25) is 0 Å². The first-order valence-electron chi connectivity index (χ1n) is 5.02. The summed E-state index contributed by atoms with van der Waals surface area (Å²) in [6, 6.07) is -1.40. The van der Waals surface area contributed by atoms with Gasteiger partial charge in [-0.15, -0.1) is 0 Å². The molecule has 1 amide bonds. The van der Waals surface area contributed by atoms with E-state index >= 15 is 0 Å². The maximum Gasteiger partial charge on any atom is 0.401 e. The minimum absolute atomic E-state index is 0.461. The molecule has 1 rings (SSSR count). The quantitative estimate of drug-likeness (QED) is 0.752. The fourth-order valence-corrected chi connectivity index (χ4v) is 2.04. The number of carboxylic acids is 1. The SMILES string of the molecule is CC1OCN(C(=O)C(CS)C(F)(F)F)[C@@H]1C(=O)O. The number of aliphatic carboxylic acids is 1. The maximum absolute atomic E-state index is 12.6. The van der Waals surface area contributed by atoms with Gasteiger partial charge in [-0.1, -0.05) is 0 Å². The van der Waals surface area contributed by atoms with Crippen molar-refractivity contribution in [2.75, 3.05) is 12.5 Å². The Morgan fingerprint density at radius 1 is 1.56 bits per heavy atom. The lowest BCUT2D eigenvalue weighted by atomic mass is 10.1. The van der Waals surface area contributed by atoms with E-state index in [0.717, 1.165) is 0 Å².